The lowest BCUT2D eigenvalue weighted by Gasteiger charge is -2.25. The molecule has 2 rings (SSSR count). The molecule has 1 aliphatic rings. The zero-order chi connectivity index (χ0) is 10.8. The second-order valence-electron chi connectivity index (χ2n) is 3.51. The largest absolute Gasteiger partial charge is 0.505 e. The molecule has 3 nitrogen and oxygen atoms in total. The van der Waals surface area contributed by atoms with Gasteiger partial charge in [-0.1, -0.05) is 6.07 Å². The quantitative estimate of drug-likeness (QED) is 0.728. The van der Waals surface area contributed by atoms with E-state index in [1.807, 2.05) is 0 Å². The van der Waals surface area contributed by atoms with E-state index >= 15 is 0 Å². The Hall–Kier alpha value is -0.650. The number of phenols is 1. The van der Waals surface area contributed by atoms with Crippen LogP contribution in [0.5, 0.6) is 5.75 Å². The molecule has 1 aromatic carbocycles. The van der Waals surface area contributed by atoms with Gasteiger partial charge >= 0.3 is 0 Å². The molecule has 0 aromatic heterocycles. The molecule has 0 aliphatic carbocycles. The number of halogens is 2. The number of aromatic hydroxyl groups is 1. The SMILES string of the molecule is Oc1c([C@H]2CNCCN2)ccc(Br)c1F. The molecule has 0 bridgehead atoms. The predicted molar refractivity (Wildman–Crippen MR) is 59.4 cm³/mol. The summed E-state index contributed by atoms with van der Waals surface area (Å²) in [5.74, 6) is -0.870. The van der Waals surface area contributed by atoms with Crippen LogP contribution < -0.4 is 10.6 Å². The summed E-state index contributed by atoms with van der Waals surface area (Å²) in [7, 11) is 0. The topological polar surface area (TPSA) is 44.3 Å². The van der Waals surface area contributed by atoms with Gasteiger partial charge in [0.15, 0.2) is 11.6 Å². The number of piperazine rings is 1. The van der Waals surface area contributed by atoms with Crippen molar-refractivity contribution in [3.05, 3.63) is 28.0 Å². The minimum atomic E-state index is -0.597. The number of nitrogens with one attached hydrogen (secondary N) is 2. The van der Waals surface area contributed by atoms with Crippen molar-refractivity contribution in [3.63, 3.8) is 0 Å². The van der Waals surface area contributed by atoms with Crippen LogP contribution >= 0.6 is 15.9 Å². The highest BCUT2D eigenvalue weighted by Crippen LogP contribution is 2.31. The molecule has 0 amide bonds. The molecule has 1 aromatic rings. The summed E-state index contributed by atoms with van der Waals surface area (Å²) in [6, 6.07) is 3.31. The van der Waals surface area contributed by atoms with Crippen molar-refractivity contribution < 1.29 is 9.50 Å². The molecular weight excluding hydrogens is 263 g/mol. The highest BCUT2D eigenvalue weighted by atomic mass is 79.9. The van der Waals surface area contributed by atoms with Crippen LogP contribution in [0.2, 0.25) is 0 Å². The molecule has 1 fully saturated rings. The van der Waals surface area contributed by atoms with E-state index in [0.717, 1.165) is 13.1 Å². The molecule has 0 saturated carbocycles. The van der Waals surface area contributed by atoms with E-state index in [1.165, 1.54) is 0 Å². The smallest absolute Gasteiger partial charge is 0.179 e. The Morgan fingerprint density at radius 2 is 2.20 bits per heavy atom. The zero-order valence-electron chi connectivity index (χ0n) is 8.06. The van der Waals surface area contributed by atoms with Gasteiger partial charge < -0.3 is 15.7 Å². The molecule has 0 radical (unpaired) electrons. The maximum Gasteiger partial charge on any atom is 0.179 e. The lowest BCUT2D eigenvalue weighted by molar-refractivity contribution is 0.386. The molecule has 1 atom stereocenters. The Kier molecular flexibility index (Phi) is 3.23. The molecular formula is C10H12BrFN2O. The van der Waals surface area contributed by atoms with E-state index in [0.29, 0.717) is 12.1 Å². The number of benzene rings is 1. The monoisotopic (exact) mass is 274 g/mol. The van der Waals surface area contributed by atoms with Crippen LogP contribution in [0.3, 0.4) is 0 Å². The second-order valence-corrected chi connectivity index (χ2v) is 4.36. The molecule has 0 spiro atoms. The van der Waals surface area contributed by atoms with Crippen molar-refractivity contribution in [3.8, 4) is 5.75 Å². The van der Waals surface area contributed by atoms with Gasteiger partial charge in [-0.15, -0.1) is 0 Å². The Morgan fingerprint density at radius 3 is 2.87 bits per heavy atom. The van der Waals surface area contributed by atoms with Crippen molar-refractivity contribution >= 4 is 15.9 Å². The fourth-order valence-corrected chi connectivity index (χ4v) is 2.03. The summed E-state index contributed by atoms with van der Waals surface area (Å²) in [6.07, 6.45) is 0. The van der Waals surface area contributed by atoms with Gasteiger partial charge in [0.2, 0.25) is 0 Å². The number of hydrogen-bond donors (Lipinski definition) is 3. The van der Waals surface area contributed by atoms with E-state index in [4.69, 9.17) is 0 Å². The molecule has 0 unspecified atom stereocenters. The molecule has 1 saturated heterocycles. The molecule has 3 N–H and O–H groups in total. The van der Waals surface area contributed by atoms with Crippen LogP contribution in [-0.2, 0) is 0 Å². The van der Waals surface area contributed by atoms with Gasteiger partial charge in [0.1, 0.15) is 0 Å². The van der Waals surface area contributed by atoms with Gasteiger partial charge in [-0.2, -0.15) is 0 Å². The first kappa shape index (κ1) is 10.9. The van der Waals surface area contributed by atoms with Crippen LogP contribution in [0.4, 0.5) is 4.39 Å². The van der Waals surface area contributed by atoms with Crippen molar-refractivity contribution in [1.29, 1.82) is 0 Å². The fraction of sp³-hybridized carbons (Fsp3) is 0.400. The average molecular weight is 275 g/mol. The standard InChI is InChI=1S/C10H12BrFN2O/c11-7-2-1-6(10(15)9(7)12)8-5-13-3-4-14-8/h1-2,8,13-15H,3-5H2/t8-/m1/s1. The summed E-state index contributed by atoms with van der Waals surface area (Å²) in [4.78, 5) is 0. The van der Waals surface area contributed by atoms with Crippen LogP contribution in [0.1, 0.15) is 11.6 Å². The third-order valence-electron chi connectivity index (χ3n) is 2.52. The van der Waals surface area contributed by atoms with E-state index in [9.17, 15) is 9.50 Å². The molecule has 1 aliphatic heterocycles. The van der Waals surface area contributed by atoms with Gasteiger partial charge in [0.25, 0.3) is 0 Å². The Labute approximate surface area is 95.8 Å². The summed E-state index contributed by atoms with van der Waals surface area (Å²) >= 11 is 3.03. The minimum Gasteiger partial charge on any atom is -0.505 e. The van der Waals surface area contributed by atoms with Gasteiger partial charge in [-0.25, -0.2) is 4.39 Å². The van der Waals surface area contributed by atoms with Gasteiger partial charge in [-0.05, 0) is 22.0 Å². The van der Waals surface area contributed by atoms with Crippen LogP contribution in [0, 0.1) is 5.82 Å². The maximum atomic E-state index is 13.4. The van der Waals surface area contributed by atoms with Crippen LogP contribution in [0.25, 0.3) is 0 Å². The summed E-state index contributed by atoms with van der Waals surface area (Å²) in [5.41, 5.74) is 0.600. The van der Waals surface area contributed by atoms with E-state index in [2.05, 4.69) is 26.6 Å². The van der Waals surface area contributed by atoms with E-state index in [1.54, 1.807) is 12.1 Å². The molecule has 5 heteroatoms. The Morgan fingerprint density at radius 1 is 1.40 bits per heavy atom. The lowest BCUT2D eigenvalue weighted by Crippen LogP contribution is -2.42. The highest BCUT2D eigenvalue weighted by Gasteiger charge is 2.20. The average Bonchev–Trinajstić information content (AvgIpc) is 2.27. The number of phenolic OH excluding ortho intramolecular Hbond substituents is 1. The molecule has 82 valence electrons. The van der Waals surface area contributed by atoms with E-state index in [-0.39, 0.29) is 16.3 Å². The van der Waals surface area contributed by atoms with Crippen molar-refractivity contribution in [1.82, 2.24) is 10.6 Å². The first-order valence-electron chi connectivity index (χ1n) is 4.81. The minimum absolute atomic E-state index is 0.0265. The van der Waals surface area contributed by atoms with Gasteiger partial charge in [-0.3, -0.25) is 0 Å². The lowest BCUT2D eigenvalue weighted by atomic mass is 10.0. The third kappa shape index (κ3) is 2.14. The highest BCUT2D eigenvalue weighted by molar-refractivity contribution is 9.10. The molecule has 1 heterocycles. The zero-order valence-corrected chi connectivity index (χ0v) is 9.64. The van der Waals surface area contributed by atoms with Gasteiger partial charge in [0, 0.05) is 31.2 Å². The Bertz CT molecular complexity index is 367. The van der Waals surface area contributed by atoms with Crippen LogP contribution in [-0.4, -0.2) is 24.7 Å². The number of hydrogen-bond acceptors (Lipinski definition) is 3. The number of rotatable bonds is 1. The normalized spacial score (nSPS) is 21.6. The second kappa shape index (κ2) is 4.47. The third-order valence-corrected chi connectivity index (χ3v) is 3.13. The van der Waals surface area contributed by atoms with Crippen molar-refractivity contribution in [2.45, 2.75) is 6.04 Å². The van der Waals surface area contributed by atoms with Crippen LogP contribution in [0.15, 0.2) is 16.6 Å². The van der Waals surface area contributed by atoms with E-state index < -0.39 is 5.82 Å². The summed E-state index contributed by atoms with van der Waals surface area (Å²) in [5, 5.41) is 16.1. The predicted octanol–water partition coefficient (Wildman–Crippen LogP) is 1.53. The maximum absolute atomic E-state index is 13.4. The Balaban J connectivity index is 2.31. The first-order chi connectivity index (χ1) is 7.20. The summed E-state index contributed by atoms with van der Waals surface area (Å²) < 4.78 is 13.7. The summed E-state index contributed by atoms with van der Waals surface area (Å²) in [6.45, 7) is 2.42. The molecule has 15 heavy (non-hydrogen) atoms. The fourth-order valence-electron chi connectivity index (χ4n) is 1.71. The van der Waals surface area contributed by atoms with Crippen molar-refractivity contribution in [2.75, 3.05) is 19.6 Å². The first-order valence-corrected chi connectivity index (χ1v) is 5.60. The van der Waals surface area contributed by atoms with Crippen molar-refractivity contribution in [2.24, 2.45) is 0 Å². The van der Waals surface area contributed by atoms with Gasteiger partial charge in [0.05, 0.1) is 4.47 Å².